The molecule has 1 saturated heterocycles. The third kappa shape index (κ3) is 3.29. The van der Waals surface area contributed by atoms with E-state index in [0.717, 1.165) is 48.5 Å². The van der Waals surface area contributed by atoms with Crippen molar-refractivity contribution >= 4 is 16.9 Å². The average Bonchev–Trinajstić information content (AvgIpc) is 3.12. The number of ether oxygens (including phenoxy) is 1. The maximum absolute atomic E-state index is 12.8. The van der Waals surface area contributed by atoms with Crippen molar-refractivity contribution in [2.75, 3.05) is 19.7 Å². The van der Waals surface area contributed by atoms with E-state index in [1.54, 1.807) is 0 Å². The Balaban J connectivity index is 1.43. The van der Waals surface area contributed by atoms with Crippen molar-refractivity contribution in [1.29, 1.82) is 0 Å². The van der Waals surface area contributed by atoms with Crippen LogP contribution in [0.2, 0.25) is 0 Å². The molecule has 0 spiro atoms. The summed E-state index contributed by atoms with van der Waals surface area (Å²) in [7, 11) is 0. The Morgan fingerprint density at radius 3 is 2.77 bits per heavy atom. The summed E-state index contributed by atoms with van der Waals surface area (Å²) in [6, 6.07) is 15.5. The molecule has 1 fully saturated rings. The van der Waals surface area contributed by atoms with Crippen LogP contribution in [0, 0.1) is 0 Å². The normalized spacial score (nSPS) is 15.3. The number of aromatic amines is 1. The zero-order valence-corrected chi connectivity index (χ0v) is 14.9. The lowest BCUT2D eigenvalue weighted by Gasteiger charge is -2.31. The number of benzene rings is 2. The number of likely N-dealkylation sites (tertiary alicyclic amines) is 1. The van der Waals surface area contributed by atoms with Gasteiger partial charge in [0.25, 0.3) is 5.91 Å². The van der Waals surface area contributed by atoms with Gasteiger partial charge in [-0.1, -0.05) is 18.2 Å². The third-order valence-electron chi connectivity index (χ3n) is 4.97. The van der Waals surface area contributed by atoms with Crippen LogP contribution < -0.4 is 4.74 Å². The van der Waals surface area contributed by atoms with E-state index >= 15 is 0 Å². The van der Waals surface area contributed by atoms with Gasteiger partial charge in [-0.3, -0.25) is 4.79 Å². The Hall–Kier alpha value is -2.82. The van der Waals surface area contributed by atoms with Crippen LogP contribution in [0.15, 0.2) is 48.5 Å². The number of aromatic nitrogens is 2. The van der Waals surface area contributed by atoms with Gasteiger partial charge in [-0.05, 0) is 50.1 Å². The number of rotatable bonds is 4. The summed E-state index contributed by atoms with van der Waals surface area (Å²) < 4.78 is 5.50. The molecule has 1 N–H and O–H groups in total. The highest BCUT2D eigenvalue weighted by molar-refractivity contribution is 5.94. The Kier molecular flexibility index (Phi) is 4.61. The molecule has 1 aliphatic heterocycles. The van der Waals surface area contributed by atoms with E-state index in [-0.39, 0.29) is 5.91 Å². The number of carbonyl (C=O) groups excluding carboxylic acids is 1. The first-order valence-electron chi connectivity index (χ1n) is 9.21. The Morgan fingerprint density at radius 2 is 2.00 bits per heavy atom. The van der Waals surface area contributed by atoms with Crippen molar-refractivity contribution in [3.8, 4) is 5.75 Å². The fourth-order valence-electron chi connectivity index (χ4n) is 3.59. The average molecular weight is 349 g/mol. The number of nitrogens with zero attached hydrogens (tertiary/aromatic N) is 2. The van der Waals surface area contributed by atoms with Crippen LogP contribution in [0.1, 0.15) is 41.9 Å². The van der Waals surface area contributed by atoms with Crippen LogP contribution in [0.5, 0.6) is 5.75 Å². The number of hydrogen-bond acceptors (Lipinski definition) is 3. The molecular weight excluding hydrogens is 326 g/mol. The number of piperidine rings is 1. The minimum absolute atomic E-state index is 0.0783. The summed E-state index contributed by atoms with van der Waals surface area (Å²) in [6.45, 7) is 4.04. The number of fused-ring (bicyclic) bond motifs is 1. The second-order valence-corrected chi connectivity index (χ2v) is 6.67. The molecule has 4 rings (SSSR count). The van der Waals surface area contributed by atoms with E-state index in [0.29, 0.717) is 18.1 Å². The van der Waals surface area contributed by atoms with E-state index in [1.165, 1.54) is 0 Å². The van der Waals surface area contributed by atoms with Gasteiger partial charge in [-0.2, -0.15) is 0 Å². The molecule has 3 aromatic rings. The fourth-order valence-corrected chi connectivity index (χ4v) is 3.59. The molecule has 0 aliphatic carbocycles. The van der Waals surface area contributed by atoms with Gasteiger partial charge < -0.3 is 14.6 Å². The zero-order valence-electron chi connectivity index (χ0n) is 14.9. The SMILES string of the molecule is CCOc1cccc(C(=O)N2CCC(c3nc4ccccc4[nH]3)CC2)c1. The van der Waals surface area contributed by atoms with E-state index in [9.17, 15) is 4.79 Å². The van der Waals surface area contributed by atoms with Gasteiger partial charge in [0.05, 0.1) is 17.6 Å². The fraction of sp³-hybridized carbons (Fsp3) is 0.333. The maximum Gasteiger partial charge on any atom is 0.253 e. The smallest absolute Gasteiger partial charge is 0.253 e. The van der Waals surface area contributed by atoms with Gasteiger partial charge in [-0.15, -0.1) is 0 Å². The summed E-state index contributed by atoms with van der Waals surface area (Å²) in [4.78, 5) is 22.9. The van der Waals surface area contributed by atoms with Crippen LogP contribution in [0.4, 0.5) is 0 Å². The van der Waals surface area contributed by atoms with Crippen molar-refractivity contribution < 1.29 is 9.53 Å². The summed E-state index contributed by atoms with van der Waals surface area (Å²) >= 11 is 0. The van der Waals surface area contributed by atoms with Crippen LogP contribution in [-0.2, 0) is 0 Å². The van der Waals surface area contributed by atoms with E-state index < -0.39 is 0 Å². The molecule has 0 atom stereocenters. The first kappa shape index (κ1) is 16.6. The Labute approximate surface area is 153 Å². The molecule has 134 valence electrons. The standard InChI is InChI=1S/C21H23N3O2/c1-2-26-17-7-5-6-16(14-17)21(25)24-12-10-15(11-13-24)20-22-18-8-3-4-9-19(18)23-20/h3-9,14-15H,2,10-13H2,1H3,(H,22,23). The van der Waals surface area contributed by atoms with Gasteiger partial charge in [-0.25, -0.2) is 4.98 Å². The first-order valence-corrected chi connectivity index (χ1v) is 9.21. The van der Waals surface area contributed by atoms with Crippen LogP contribution in [0.25, 0.3) is 11.0 Å². The first-order chi connectivity index (χ1) is 12.7. The summed E-state index contributed by atoms with van der Waals surface area (Å²) in [5.41, 5.74) is 2.78. The number of para-hydroxylation sites is 2. The number of H-pyrrole nitrogens is 1. The Morgan fingerprint density at radius 1 is 1.19 bits per heavy atom. The van der Waals surface area contributed by atoms with Crippen LogP contribution >= 0.6 is 0 Å². The molecule has 0 unspecified atom stereocenters. The second kappa shape index (κ2) is 7.20. The highest BCUT2D eigenvalue weighted by atomic mass is 16.5. The topological polar surface area (TPSA) is 58.2 Å². The van der Waals surface area contributed by atoms with Crippen molar-refractivity contribution in [1.82, 2.24) is 14.9 Å². The van der Waals surface area contributed by atoms with Gasteiger partial charge in [0.15, 0.2) is 0 Å². The zero-order chi connectivity index (χ0) is 17.9. The van der Waals surface area contributed by atoms with Gasteiger partial charge in [0.1, 0.15) is 11.6 Å². The van der Waals surface area contributed by atoms with Crippen molar-refractivity contribution in [3.63, 3.8) is 0 Å². The number of carbonyl (C=O) groups is 1. The monoisotopic (exact) mass is 349 g/mol. The van der Waals surface area contributed by atoms with E-state index in [2.05, 4.69) is 11.1 Å². The van der Waals surface area contributed by atoms with Gasteiger partial charge >= 0.3 is 0 Å². The third-order valence-corrected chi connectivity index (χ3v) is 4.97. The van der Waals surface area contributed by atoms with Crippen LogP contribution in [-0.4, -0.2) is 40.5 Å². The molecule has 5 heteroatoms. The molecule has 26 heavy (non-hydrogen) atoms. The molecule has 1 amide bonds. The highest BCUT2D eigenvalue weighted by Crippen LogP contribution is 2.28. The molecule has 0 radical (unpaired) electrons. The van der Waals surface area contributed by atoms with E-state index in [1.807, 2.05) is 54.3 Å². The summed E-state index contributed by atoms with van der Waals surface area (Å²) in [5.74, 6) is 2.24. The largest absolute Gasteiger partial charge is 0.494 e. The number of amides is 1. The molecule has 2 aromatic carbocycles. The lowest BCUT2D eigenvalue weighted by molar-refractivity contribution is 0.0711. The summed E-state index contributed by atoms with van der Waals surface area (Å²) in [5, 5.41) is 0. The summed E-state index contributed by atoms with van der Waals surface area (Å²) in [6.07, 6.45) is 1.85. The second-order valence-electron chi connectivity index (χ2n) is 6.67. The highest BCUT2D eigenvalue weighted by Gasteiger charge is 2.26. The number of nitrogens with one attached hydrogen (secondary N) is 1. The minimum Gasteiger partial charge on any atom is -0.494 e. The molecule has 0 saturated carbocycles. The molecular formula is C21H23N3O2. The van der Waals surface area contributed by atoms with E-state index in [4.69, 9.17) is 9.72 Å². The maximum atomic E-state index is 12.8. The quantitative estimate of drug-likeness (QED) is 0.775. The molecule has 0 bridgehead atoms. The van der Waals surface area contributed by atoms with Crippen molar-refractivity contribution in [3.05, 3.63) is 59.9 Å². The van der Waals surface area contributed by atoms with Gasteiger partial charge in [0.2, 0.25) is 0 Å². The van der Waals surface area contributed by atoms with Crippen molar-refractivity contribution in [2.45, 2.75) is 25.7 Å². The van der Waals surface area contributed by atoms with Crippen LogP contribution in [0.3, 0.4) is 0 Å². The molecule has 1 aliphatic rings. The predicted octanol–water partition coefficient (Wildman–Crippen LogP) is 3.98. The predicted molar refractivity (Wildman–Crippen MR) is 102 cm³/mol. The molecule has 5 nitrogen and oxygen atoms in total. The molecule has 2 heterocycles. The van der Waals surface area contributed by atoms with Crippen molar-refractivity contribution in [2.24, 2.45) is 0 Å². The minimum atomic E-state index is 0.0783. The lowest BCUT2D eigenvalue weighted by Crippen LogP contribution is -2.38. The number of hydrogen-bond donors (Lipinski definition) is 1. The number of imidazole rings is 1. The Bertz CT molecular complexity index is 877. The van der Waals surface area contributed by atoms with Gasteiger partial charge in [0, 0.05) is 24.6 Å². The molecule has 1 aromatic heterocycles. The lowest BCUT2D eigenvalue weighted by atomic mass is 9.95.